The lowest BCUT2D eigenvalue weighted by Gasteiger charge is -2.38. The highest BCUT2D eigenvalue weighted by atomic mass is 79.9. The number of piperidine rings is 1. The zero-order valence-corrected chi connectivity index (χ0v) is 12.9. The molecule has 3 atom stereocenters. The summed E-state index contributed by atoms with van der Waals surface area (Å²) in [5.74, 6) is 1.08. The van der Waals surface area contributed by atoms with Crippen molar-refractivity contribution < 1.29 is 9.53 Å². The van der Waals surface area contributed by atoms with Gasteiger partial charge in [0.2, 0.25) is 0 Å². The van der Waals surface area contributed by atoms with Crippen LogP contribution in [0.5, 0.6) is 5.75 Å². The van der Waals surface area contributed by atoms with Gasteiger partial charge in [-0.25, -0.2) is 0 Å². The minimum Gasteiger partial charge on any atom is -0.480 e. The minimum absolute atomic E-state index is 0.202. The lowest BCUT2D eigenvalue weighted by Crippen LogP contribution is -2.51. The highest BCUT2D eigenvalue weighted by Crippen LogP contribution is 2.40. The summed E-state index contributed by atoms with van der Waals surface area (Å²) < 4.78 is 5.87. The maximum atomic E-state index is 12.8. The fourth-order valence-corrected chi connectivity index (χ4v) is 4.82. The third kappa shape index (κ3) is 1.96. The molecule has 3 nitrogen and oxygen atoms in total. The highest BCUT2D eigenvalue weighted by molar-refractivity contribution is 9.09. The first-order valence-electron chi connectivity index (χ1n) is 7.43. The first-order valence-corrected chi connectivity index (χ1v) is 8.35. The predicted molar refractivity (Wildman–Crippen MR) is 80.2 cm³/mol. The molecule has 3 aliphatic heterocycles. The molecule has 20 heavy (non-hydrogen) atoms. The third-order valence-corrected chi connectivity index (χ3v) is 5.60. The molecule has 0 aliphatic carbocycles. The number of carbonyl (C=O) groups excluding carboxylic acids is 1. The molecule has 2 saturated heterocycles. The second-order valence-corrected chi connectivity index (χ2v) is 7.41. The van der Waals surface area contributed by atoms with Crippen molar-refractivity contribution in [3.8, 4) is 5.75 Å². The molecule has 2 bridgehead atoms. The van der Waals surface area contributed by atoms with Crippen LogP contribution in [-0.4, -0.2) is 33.8 Å². The van der Waals surface area contributed by atoms with E-state index in [1.165, 1.54) is 0 Å². The van der Waals surface area contributed by atoms with E-state index in [-0.39, 0.29) is 12.0 Å². The Bertz CT molecular complexity index is 508. The molecule has 1 aromatic carbocycles. The van der Waals surface area contributed by atoms with Gasteiger partial charge < -0.3 is 9.64 Å². The van der Waals surface area contributed by atoms with E-state index in [2.05, 4.69) is 26.9 Å². The van der Waals surface area contributed by atoms with Crippen LogP contribution in [0.25, 0.3) is 0 Å². The first kappa shape index (κ1) is 12.7. The molecule has 0 radical (unpaired) electrons. The van der Waals surface area contributed by atoms with Crippen LogP contribution in [0.4, 0.5) is 0 Å². The molecule has 0 spiro atoms. The fourth-order valence-electron chi connectivity index (χ4n) is 3.96. The molecule has 1 aromatic rings. The Morgan fingerprint density at radius 3 is 2.60 bits per heavy atom. The Hall–Kier alpha value is -1.03. The molecule has 0 aromatic heterocycles. The van der Waals surface area contributed by atoms with Gasteiger partial charge in [0.05, 0.1) is 0 Å². The van der Waals surface area contributed by atoms with E-state index in [1.807, 2.05) is 18.2 Å². The van der Waals surface area contributed by atoms with Gasteiger partial charge >= 0.3 is 0 Å². The molecule has 3 heterocycles. The summed E-state index contributed by atoms with van der Waals surface area (Å²) in [6, 6.07) is 8.82. The first-order chi connectivity index (χ1) is 9.72. The van der Waals surface area contributed by atoms with Gasteiger partial charge in [0.15, 0.2) is 6.10 Å². The predicted octanol–water partition coefficient (Wildman–Crippen LogP) is 2.91. The largest absolute Gasteiger partial charge is 0.480 e. The number of hydrogen-bond donors (Lipinski definition) is 0. The van der Waals surface area contributed by atoms with Gasteiger partial charge in [-0.1, -0.05) is 34.1 Å². The van der Waals surface area contributed by atoms with E-state index < -0.39 is 0 Å². The van der Waals surface area contributed by atoms with Crippen LogP contribution in [0, 0.1) is 0 Å². The van der Waals surface area contributed by atoms with Gasteiger partial charge in [-0.05, 0) is 37.3 Å². The third-order valence-electron chi connectivity index (χ3n) is 4.85. The number of alkyl halides is 1. The number of benzene rings is 1. The van der Waals surface area contributed by atoms with Crippen LogP contribution in [0.1, 0.15) is 31.2 Å². The van der Waals surface area contributed by atoms with Crippen molar-refractivity contribution in [2.45, 2.75) is 55.1 Å². The monoisotopic (exact) mass is 335 g/mol. The van der Waals surface area contributed by atoms with E-state index in [9.17, 15) is 4.79 Å². The van der Waals surface area contributed by atoms with Gasteiger partial charge in [-0.2, -0.15) is 0 Å². The zero-order chi connectivity index (χ0) is 13.7. The van der Waals surface area contributed by atoms with E-state index in [1.54, 1.807) is 0 Å². The molecule has 1 amide bonds. The maximum Gasteiger partial charge on any atom is 0.264 e. The van der Waals surface area contributed by atoms with E-state index in [4.69, 9.17) is 4.74 Å². The van der Waals surface area contributed by atoms with Gasteiger partial charge in [0, 0.05) is 23.3 Å². The van der Waals surface area contributed by atoms with Crippen LogP contribution >= 0.6 is 15.9 Å². The molecule has 4 rings (SSSR count). The molecule has 3 aliphatic rings. The SMILES string of the molecule is O=C(C1Cc2ccccc2O1)N1C2CCC1CC(Br)C2. The number of ether oxygens (including phenoxy) is 1. The van der Waals surface area contributed by atoms with Gasteiger partial charge in [-0.3, -0.25) is 4.79 Å². The second kappa shape index (κ2) is 4.76. The highest BCUT2D eigenvalue weighted by Gasteiger charge is 2.45. The molecule has 0 saturated carbocycles. The second-order valence-electron chi connectivity index (χ2n) is 6.12. The maximum absolute atomic E-state index is 12.8. The average molecular weight is 336 g/mol. The quantitative estimate of drug-likeness (QED) is 0.738. The standard InChI is InChI=1S/C16H18BrNO2/c17-11-8-12-5-6-13(9-11)18(12)16(19)15-7-10-3-1-2-4-14(10)20-15/h1-4,11-13,15H,5-9H2. The van der Waals surface area contributed by atoms with Crippen molar-refractivity contribution in [2.75, 3.05) is 0 Å². The van der Waals surface area contributed by atoms with Crippen molar-refractivity contribution in [2.24, 2.45) is 0 Å². The summed E-state index contributed by atoms with van der Waals surface area (Å²) in [4.78, 5) is 15.5. The Balaban J connectivity index is 1.52. The number of rotatable bonds is 1. The topological polar surface area (TPSA) is 29.5 Å². The van der Waals surface area contributed by atoms with Crippen LogP contribution in [0.15, 0.2) is 24.3 Å². The number of carbonyl (C=O) groups is 1. The van der Waals surface area contributed by atoms with Crippen molar-refractivity contribution in [3.05, 3.63) is 29.8 Å². The minimum atomic E-state index is -0.303. The van der Waals surface area contributed by atoms with Gasteiger partial charge in [0.25, 0.3) is 5.91 Å². The number of para-hydroxylation sites is 1. The molecular formula is C16H18BrNO2. The van der Waals surface area contributed by atoms with Crippen LogP contribution in [0.2, 0.25) is 0 Å². The zero-order valence-electron chi connectivity index (χ0n) is 11.3. The van der Waals surface area contributed by atoms with E-state index >= 15 is 0 Å². The molecule has 0 N–H and O–H groups in total. The summed E-state index contributed by atoms with van der Waals surface area (Å²) in [6.07, 6.45) is 4.89. The van der Waals surface area contributed by atoms with Gasteiger partial charge in [0.1, 0.15) is 5.75 Å². The smallest absolute Gasteiger partial charge is 0.264 e. The summed E-state index contributed by atoms with van der Waals surface area (Å²) in [5.41, 5.74) is 1.16. The molecule has 3 unspecified atom stereocenters. The Kier molecular flexibility index (Phi) is 3.02. The van der Waals surface area contributed by atoms with Crippen LogP contribution in [0.3, 0.4) is 0 Å². The number of nitrogens with zero attached hydrogens (tertiary/aromatic N) is 1. The van der Waals surface area contributed by atoms with Crippen molar-refractivity contribution >= 4 is 21.8 Å². The normalized spacial score (nSPS) is 34.8. The Morgan fingerprint density at radius 2 is 1.90 bits per heavy atom. The molecule has 4 heteroatoms. The van der Waals surface area contributed by atoms with Gasteiger partial charge in [-0.15, -0.1) is 0 Å². The van der Waals surface area contributed by atoms with E-state index in [0.717, 1.165) is 43.4 Å². The number of hydrogen-bond acceptors (Lipinski definition) is 2. The number of amides is 1. The lowest BCUT2D eigenvalue weighted by atomic mass is 10.0. The Labute approximate surface area is 127 Å². The van der Waals surface area contributed by atoms with Crippen molar-refractivity contribution in [3.63, 3.8) is 0 Å². The number of fused-ring (bicyclic) bond motifs is 3. The summed E-state index contributed by atoms with van der Waals surface area (Å²) >= 11 is 3.72. The van der Waals surface area contributed by atoms with E-state index in [0.29, 0.717) is 16.9 Å². The lowest BCUT2D eigenvalue weighted by molar-refractivity contribution is -0.142. The van der Waals surface area contributed by atoms with Crippen LogP contribution < -0.4 is 4.74 Å². The fraction of sp³-hybridized carbons (Fsp3) is 0.562. The summed E-state index contributed by atoms with van der Waals surface area (Å²) in [6.45, 7) is 0. The van der Waals surface area contributed by atoms with Crippen molar-refractivity contribution in [1.82, 2.24) is 4.90 Å². The molecule has 106 valence electrons. The molecule has 2 fully saturated rings. The number of halogens is 1. The average Bonchev–Trinajstić information content (AvgIpc) is 2.98. The Morgan fingerprint density at radius 1 is 1.20 bits per heavy atom. The molecular weight excluding hydrogens is 318 g/mol. The van der Waals surface area contributed by atoms with Crippen LogP contribution in [-0.2, 0) is 11.2 Å². The summed E-state index contributed by atoms with van der Waals surface area (Å²) in [7, 11) is 0. The van der Waals surface area contributed by atoms with Crippen molar-refractivity contribution in [1.29, 1.82) is 0 Å². The summed E-state index contributed by atoms with van der Waals surface area (Å²) in [5, 5.41) is 0.